The normalized spacial score (nSPS) is 21.1. The van der Waals surface area contributed by atoms with Crippen LogP contribution in [0.5, 0.6) is 0 Å². The number of aliphatic hydroxyl groups excluding tert-OH is 1. The van der Waals surface area contributed by atoms with Crippen molar-refractivity contribution in [3.8, 4) is 11.3 Å². The monoisotopic (exact) mass is 333 g/mol. The second-order valence-electron chi connectivity index (χ2n) is 6.55. The lowest BCUT2D eigenvalue weighted by Gasteiger charge is -2.39. The van der Waals surface area contributed by atoms with Crippen LogP contribution in [-0.2, 0) is 6.54 Å². The summed E-state index contributed by atoms with van der Waals surface area (Å²) in [5.41, 5.74) is 0.824. The van der Waals surface area contributed by atoms with Crippen molar-refractivity contribution >= 4 is 0 Å². The maximum absolute atomic E-state index is 13.0. The van der Waals surface area contributed by atoms with Crippen LogP contribution in [0.1, 0.15) is 19.7 Å². The molecule has 6 heteroatoms. The Balaban J connectivity index is 1.58. The lowest BCUT2D eigenvalue weighted by molar-refractivity contribution is 0.0393. The molecule has 2 heterocycles. The molecule has 0 amide bonds. The van der Waals surface area contributed by atoms with Gasteiger partial charge in [0.05, 0.1) is 18.8 Å². The zero-order valence-corrected chi connectivity index (χ0v) is 14.2. The molecule has 2 aromatic rings. The molecule has 1 aromatic carbocycles. The van der Waals surface area contributed by atoms with E-state index >= 15 is 0 Å². The summed E-state index contributed by atoms with van der Waals surface area (Å²) in [5.74, 6) is 1.07. The number of aromatic nitrogens is 1. The molecule has 1 aliphatic heterocycles. The number of aliphatic hydroxyl groups is 1. The minimum absolute atomic E-state index is 0.262. The number of hydrogen-bond acceptors (Lipinski definition) is 5. The van der Waals surface area contributed by atoms with Gasteiger partial charge in [0, 0.05) is 37.8 Å². The van der Waals surface area contributed by atoms with Gasteiger partial charge in [-0.1, -0.05) is 0 Å². The highest BCUT2D eigenvalue weighted by Gasteiger charge is 2.25. The molecular weight excluding hydrogens is 309 g/mol. The van der Waals surface area contributed by atoms with Crippen molar-refractivity contribution in [2.45, 2.75) is 32.5 Å². The third-order valence-electron chi connectivity index (χ3n) is 4.39. The molecule has 2 atom stereocenters. The molecule has 1 aromatic heterocycles. The minimum atomic E-state index is -0.302. The van der Waals surface area contributed by atoms with Crippen molar-refractivity contribution in [1.29, 1.82) is 0 Å². The van der Waals surface area contributed by atoms with Gasteiger partial charge >= 0.3 is 0 Å². The summed E-state index contributed by atoms with van der Waals surface area (Å²) in [5, 5.41) is 9.55. The Morgan fingerprint density at radius 1 is 1.33 bits per heavy atom. The summed E-state index contributed by atoms with van der Waals surface area (Å²) < 4.78 is 18.8. The molecule has 0 saturated carbocycles. The number of rotatable bonds is 5. The summed E-state index contributed by atoms with van der Waals surface area (Å²) >= 11 is 0. The van der Waals surface area contributed by atoms with Gasteiger partial charge in [0.2, 0.25) is 5.89 Å². The average molecular weight is 333 g/mol. The first kappa shape index (κ1) is 17.1. The van der Waals surface area contributed by atoms with Crippen LogP contribution >= 0.6 is 0 Å². The van der Waals surface area contributed by atoms with Gasteiger partial charge in [0.25, 0.3) is 0 Å². The summed E-state index contributed by atoms with van der Waals surface area (Å²) in [6.45, 7) is 8.14. The molecule has 0 radical (unpaired) electrons. The number of β-amino-alcohol motifs (C(OH)–C–C–N with tert-alkyl or cyclic N) is 1. The van der Waals surface area contributed by atoms with Gasteiger partial charge in [0.1, 0.15) is 5.82 Å². The number of halogens is 1. The van der Waals surface area contributed by atoms with E-state index in [9.17, 15) is 9.50 Å². The average Bonchev–Trinajstić information content (AvgIpc) is 2.99. The molecule has 1 saturated heterocycles. The highest BCUT2D eigenvalue weighted by molar-refractivity contribution is 5.55. The number of benzene rings is 1. The van der Waals surface area contributed by atoms with E-state index < -0.39 is 0 Å². The van der Waals surface area contributed by atoms with Gasteiger partial charge in [-0.05, 0) is 38.1 Å². The van der Waals surface area contributed by atoms with Gasteiger partial charge in [0.15, 0.2) is 5.76 Å². The highest BCUT2D eigenvalue weighted by atomic mass is 19.1. The number of piperazine rings is 1. The van der Waals surface area contributed by atoms with Crippen molar-refractivity contribution < 1.29 is 13.9 Å². The Morgan fingerprint density at radius 2 is 2.08 bits per heavy atom. The van der Waals surface area contributed by atoms with Crippen molar-refractivity contribution in [2.24, 2.45) is 0 Å². The summed E-state index contributed by atoms with van der Waals surface area (Å²) in [7, 11) is 0. The highest BCUT2D eigenvalue weighted by Crippen LogP contribution is 2.22. The first-order valence-electron chi connectivity index (χ1n) is 8.36. The molecule has 1 fully saturated rings. The van der Waals surface area contributed by atoms with Gasteiger partial charge in [-0.15, -0.1) is 0 Å². The molecule has 0 spiro atoms. The number of hydrogen-bond donors (Lipinski definition) is 1. The van der Waals surface area contributed by atoms with Crippen molar-refractivity contribution in [3.63, 3.8) is 0 Å². The Hall–Kier alpha value is -1.76. The molecule has 1 N–H and O–H groups in total. The predicted octanol–water partition coefficient (Wildman–Crippen LogP) is 2.37. The lowest BCUT2D eigenvalue weighted by Crippen LogP contribution is -2.53. The number of nitrogens with zero attached hydrogens (tertiary/aromatic N) is 3. The maximum atomic E-state index is 13.0. The Kier molecular flexibility index (Phi) is 5.28. The second-order valence-corrected chi connectivity index (χ2v) is 6.55. The molecule has 3 rings (SSSR count). The Bertz CT molecular complexity index is 657. The van der Waals surface area contributed by atoms with Gasteiger partial charge in [-0.3, -0.25) is 9.80 Å². The van der Waals surface area contributed by atoms with E-state index in [1.54, 1.807) is 18.3 Å². The van der Waals surface area contributed by atoms with Crippen LogP contribution in [0.3, 0.4) is 0 Å². The van der Waals surface area contributed by atoms with Gasteiger partial charge < -0.3 is 9.52 Å². The minimum Gasteiger partial charge on any atom is -0.439 e. The third-order valence-corrected chi connectivity index (χ3v) is 4.39. The SMILES string of the molecule is C[C@@H](O)CN1CCN(Cc2ncc(-c3ccc(F)cc3)o2)C[C@@H]1C. The first-order valence-corrected chi connectivity index (χ1v) is 8.36. The van der Waals surface area contributed by atoms with Crippen LogP contribution in [0.15, 0.2) is 34.9 Å². The van der Waals surface area contributed by atoms with E-state index in [1.165, 1.54) is 12.1 Å². The summed E-state index contributed by atoms with van der Waals surface area (Å²) in [6, 6.07) is 6.61. The smallest absolute Gasteiger partial charge is 0.209 e. The third kappa shape index (κ3) is 4.20. The van der Waals surface area contributed by atoms with Crippen LogP contribution in [0.4, 0.5) is 4.39 Å². The van der Waals surface area contributed by atoms with Gasteiger partial charge in [-0.25, -0.2) is 9.37 Å². The molecule has 0 aliphatic carbocycles. The maximum Gasteiger partial charge on any atom is 0.209 e. The van der Waals surface area contributed by atoms with E-state index in [-0.39, 0.29) is 11.9 Å². The first-order chi connectivity index (χ1) is 11.5. The lowest BCUT2D eigenvalue weighted by atomic mass is 10.1. The van der Waals surface area contributed by atoms with Crippen LogP contribution in [0.25, 0.3) is 11.3 Å². The summed E-state index contributed by atoms with van der Waals surface area (Å²) in [6.07, 6.45) is 1.39. The molecule has 130 valence electrons. The fourth-order valence-electron chi connectivity index (χ4n) is 3.15. The summed E-state index contributed by atoms with van der Waals surface area (Å²) in [4.78, 5) is 8.96. The largest absolute Gasteiger partial charge is 0.439 e. The van der Waals surface area contributed by atoms with Crippen LogP contribution in [0, 0.1) is 5.82 Å². The zero-order chi connectivity index (χ0) is 17.1. The fourth-order valence-corrected chi connectivity index (χ4v) is 3.15. The van der Waals surface area contributed by atoms with Crippen molar-refractivity contribution in [3.05, 3.63) is 42.2 Å². The van der Waals surface area contributed by atoms with Crippen LogP contribution in [0.2, 0.25) is 0 Å². The molecule has 0 unspecified atom stereocenters. The predicted molar refractivity (Wildman–Crippen MR) is 89.9 cm³/mol. The van der Waals surface area contributed by atoms with E-state index in [0.29, 0.717) is 30.8 Å². The fraction of sp³-hybridized carbons (Fsp3) is 0.500. The number of oxazole rings is 1. The molecule has 5 nitrogen and oxygen atoms in total. The standard InChI is InChI=1S/C18H24FN3O2/c1-13-10-21(7-8-22(13)11-14(2)23)12-18-20-9-17(24-18)15-3-5-16(19)6-4-15/h3-6,9,13-14,23H,7-8,10-12H2,1-2H3/t13-,14+/m0/s1. The zero-order valence-electron chi connectivity index (χ0n) is 14.2. The van der Waals surface area contributed by atoms with Crippen molar-refractivity contribution in [1.82, 2.24) is 14.8 Å². The van der Waals surface area contributed by atoms with Crippen molar-refractivity contribution in [2.75, 3.05) is 26.2 Å². The molecule has 1 aliphatic rings. The van der Waals surface area contributed by atoms with E-state index in [4.69, 9.17) is 4.42 Å². The molecule has 24 heavy (non-hydrogen) atoms. The van der Waals surface area contributed by atoms with E-state index in [0.717, 1.165) is 25.2 Å². The Morgan fingerprint density at radius 3 is 2.75 bits per heavy atom. The van der Waals surface area contributed by atoms with Gasteiger partial charge in [-0.2, -0.15) is 0 Å². The Labute approximate surface area is 141 Å². The van der Waals surface area contributed by atoms with Crippen LogP contribution in [-0.4, -0.2) is 58.2 Å². The molecule has 0 bridgehead atoms. The van der Waals surface area contributed by atoms with E-state index in [2.05, 4.69) is 21.7 Å². The topological polar surface area (TPSA) is 52.7 Å². The quantitative estimate of drug-likeness (QED) is 0.910. The molecular formula is C18H24FN3O2. The second kappa shape index (κ2) is 7.42. The van der Waals surface area contributed by atoms with Crippen LogP contribution < -0.4 is 0 Å². The van der Waals surface area contributed by atoms with E-state index in [1.807, 2.05) is 6.92 Å².